The van der Waals surface area contributed by atoms with Crippen molar-refractivity contribution in [3.63, 3.8) is 0 Å². The maximum atomic E-state index is 13.4. The van der Waals surface area contributed by atoms with Gasteiger partial charge in [0.25, 0.3) is 0 Å². The molecule has 2 N–H and O–H groups in total. The molecule has 0 bridgehead atoms. The van der Waals surface area contributed by atoms with E-state index in [1.807, 2.05) is 0 Å². The van der Waals surface area contributed by atoms with Gasteiger partial charge in [-0.3, -0.25) is 0 Å². The molecule has 0 radical (unpaired) electrons. The van der Waals surface area contributed by atoms with Gasteiger partial charge in [-0.25, -0.2) is 14.6 Å². The number of hydrogen-bond donors (Lipinski definition) is 2. The van der Waals surface area contributed by atoms with E-state index in [1.54, 1.807) is 17.8 Å². The number of carbonyl (C=O) groups excluding carboxylic acids is 1. The van der Waals surface area contributed by atoms with Crippen molar-refractivity contribution in [2.24, 2.45) is 5.10 Å². The minimum absolute atomic E-state index is 0.372. The highest BCUT2D eigenvalue weighted by Crippen LogP contribution is 2.34. The predicted octanol–water partition coefficient (Wildman–Crippen LogP) is 4.87. The van der Waals surface area contributed by atoms with E-state index >= 15 is 0 Å². The Bertz CT molecular complexity index is 867. The van der Waals surface area contributed by atoms with Crippen molar-refractivity contribution in [3.8, 4) is 0 Å². The molecule has 0 saturated carbocycles. The van der Waals surface area contributed by atoms with E-state index in [1.165, 1.54) is 24.3 Å². The number of thioether (sulfide) groups is 1. The molecule has 2 aromatic rings. The van der Waals surface area contributed by atoms with E-state index in [0.717, 1.165) is 17.0 Å². The second-order valence-electron chi connectivity index (χ2n) is 5.41. The van der Waals surface area contributed by atoms with Crippen LogP contribution in [0.5, 0.6) is 0 Å². The molecule has 4 nitrogen and oxygen atoms in total. The van der Waals surface area contributed by atoms with Gasteiger partial charge in [0, 0.05) is 22.6 Å². The van der Waals surface area contributed by atoms with E-state index in [0.29, 0.717) is 23.4 Å². The second-order valence-corrected chi connectivity index (χ2v) is 6.54. The molecule has 2 aromatic carbocycles. The number of nitrogens with zero attached hydrogens (tertiary/aromatic N) is 1. The number of halogens is 4. The highest BCUT2D eigenvalue weighted by Gasteiger charge is 2.33. The Kier molecular flexibility index (Phi) is 5.17. The predicted molar refractivity (Wildman–Crippen MR) is 91.9 cm³/mol. The SMILES string of the molecule is O=C(N/N=C1\CCSc2ccc(F)cc21)Nc1ccccc1C(F)(F)F. The van der Waals surface area contributed by atoms with Gasteiger partial charge in [0.05, 0.1) is 17.0 Å². The average molecular weight is 383 g/mol. The average Bonchev–Trinajstić information content (AvgIpc) is 2.59. The molecule has 0 aliphatic carbocycles. The number of fused-ring (bicyclic) bond motifs is 1. The van der Waals surface area contributed by atoms with Gasteiger partial charge >= 0.3 is 12.2 Å². The van der Waals surface area contributed by atoms with E-state index in [-0.39, 0.29) is 5.69 Å². The fourth-order valence-electron chi connectivity index (χ4n) is 2.47. The number of hydrazone groups is 1. The Morgan fingerprint density at radius 3 is 2.69 bits per heavy atom. The third kappa shape index (κ3) is 4.16. The molecule has 1 aliphatic rings. The van der Waals surface area contributed by atoms with Crippen LogP contribution in [0.3, 0.4) is 0 Å². The molecule has 0 atom stereocenters. The first kappa shape index (κ1) is 18.2. The summed E-state index contributed by atoms with van der Waals surface area (Å²) in [4.78, 5) is 12.8. The Labute approximate surface area is 150 Å². The van der Waals surface area contributed by atoms with Crippen molar-refractivity contribution in [2.75, 3.05) is 11.1 Å². The van der Waals surface area contributed by atoms with Crippen molar-refractivity contribution in [1.82, 2.24) is 5.43 Å². The van der Waals surface area contributed by atoms with Crippen LogP contribution >= 0.6 is 11.8 Å². The quantitative estimate of drug-likeness (QED) is 0.574. The zero-order chi connectivity index (χ0) is 18.7. The zero-order valence-corrected chi connectivity index (χ0v) is 14.0. The maximum Gasteiger partial charge on any atom is 0.418 e. The van der Waals surface area contributed by atoms with E-state index < -0.39 is 23.6 Å². The lowest BCUT2D eigenvalue weighted by Crippen LogP contribution is -2.27. The number of carbonyl (C=O) groups is 1. The molecular formula is C17H13F4N3OS. The minimum atomic E-state index is -4.59. The summed E-state index contributed by atoms with van der Waals surface area (Å²) < 4.78 is 52.3. The largest absolute Gasteiger partial charge is 0.418 e. The minimum Gasteiger partial charge on any atom is -0.306 e. The van der Waals surface area contributed by atoms with Crippen molar-refractivity contribution >= 4 is 29.2 Å². The maximum absolute atomic E-state index is 13.4. The summed E-state index contributed by atoms with van der Waals surface area (Å²) >= 11 is 1.54. The first-order valence-electron chi connectivity index (χ1n) is 7.57. The molecule has 136 valence electrons. The third-order valence-electron chi connectivity index (χ3n) is 3.62. The van der Waals surface area contributed by atoms with Crippen molar-refractivity contribution in [3.05, 3.63) is 59.4 Å². The summed E-state index contributed by atoms with van der Waals surface area (Å²) in [6, 6.07) is 8.01. The fourth-order valence-corrected chi connectivity index (χ4v) is 3.48. The van der Waals surface area contributed by atoms with Gasteiger partial charge in [-0.2, -0.15) is 18.3 Å². The summed E-state index contributed by atoms with van der Waals surface area (Å²) in [5.41, 5.74) is 1.89. The van der Waals surface area contributed by atoms with Crippen LogP contribution in [0, 0.1) is 5.82 Å². The fraction of sp³-hybridized carbons (Fsp3) is 0.176. The number of hydrogen-bond acceptors (Lipinski definition) is 3. The van der Waals surface area contributed by atoms with Crippen LogP contribution in [0.25, 0.3) is 0 Å². The molecule has 0 saturated heterocycles. The second kappa shape index (κ2) is 7.36. The number of anilines is 1. The van der Waals surface area contributed by atoms with Crippen LogP contribution in [-0.4, -0.2) is 17.5 Å². The van der Waals surface area contributed by atoms with Gasteiger partial charge in [-0.1, -0.05) is 12.1 Å². The molecule has 26 heavy (non-hydrogen) atoms. The van der Waals surface area contributed by atoms with Crippen molar-refractivity contribution < 1.29 is 22.4 Å². The molecule has 0 aromatic heterocycles. The standard InChI is InChI=1S/C17H13F4N3OS/c18-10-5-6-15-11(9-10)13(7-8-26-15)23-24-16(25)22-14-4-2-1-3-12(14)17(19,20)21/h1-6,9H,7-8H2,(H2,22,24,25)/b23-13+. The molecule has 1 aliphatic heterocycles. The van der Waals surface area contributed by atoms with Crippen LogP contribution < -0.4 is 10.7 Å². The van der Waals surface area contributed by atoms with Crippen LogP contribution in [0.4, 0.5) is 28.0 Å². The van der Waals surface area contributed by atoms with E-state index in [4.69, 9.17) is 0 Å². The van der Waals surface area contributed by atoms with Gasteiger partial charge in [-0.05, 0) is 30.3 Å². The summed E-state index contributed by atoms with van der Waals surface area (Å²) in [6.45, 7) is 0. The highest BCUT2D eigenvalue weighted by atomic mass is 32.2. The number of urea groups is 1. The smallest absolute Gasteiger partial charge is 0.306 e. The first-order valence-corrected chi connectivity index (χ1v) is 8.55. The van der Waals surface area contributed by atoms with Crippen molar-refractivity contribution in [2.45, 2.75) is 17.5 Å². The van der Waals surface area contributed by atoms with Gasteiger partial charge < -0.3 is 5.32 Å². The van der Waals surface area contributed by atoms with E-state index in [2.05, 4.69) is 15.8 Å². The number of nitrogens with one attached hydrogen (secondary N) is 2. The lowest BCUT2D eigenvalue weighted by molar-refractivity contribution is -0.136. The van der Waals surface area contributed by atoms with Crippen LogP contribution in [0.2, 0.25) is 0 Å². The lowest BCUT2D eigenvalue weighted by Gasteiger charge is -2.17. The van der Waals surface area contributed by atoms with Gasteiger partial charge in [0.1, 0.15) is 5.82 Å². The molecule has 0 spiro atoms. The van der Waals surface area contributed by atoms with E-state index in [9.17, 15) is 22.4 Å². The molecule has 0 fully saturated rings. The molecule has 0 unspecified atom stereocenters. The van der Waals surface area contributed by atoms with Crippen LogP contribution in [0.1, 0.15) is 17.5 Å². The first-order chi connectivity index (χ1) is 12.3. The molecular weight excluding hydrogens is 370 g/mol. The molecule has 9 heteroatoms. The van der Waals surface area contributed by atoms with Gasteiger partial charge in [-0.15, -0.1) is 11.8 Å². The number of para-hydroxylation sites is 1. The van der Waals surface area contributed by atoms with Gasteiger partial charge in [0.2, 0.25) is 0 Å². The molecule has 2 amide bonds. The summed E-state index contributed by atoms with van der Waals surface area (Å²) in [7, 11) is 0. The lowest BCUT2D eigenvalue weighted by atomic mass is 10.1. The Morgan fingerprint density at radius 2 is 1.92 bits per heavy atom. The number of rotatable bonds is 2. The summed E-state index contributed by atoms with van der Waals surface area (Å²) in [5.74, 6) is 0.278. The Morgan fingerprint density at radius 1 is 1.15 bits per heavy atom. The zero-order valence-electron chi connectivity index (χ0n) is 13.2. The summed E-state index contributed by atoms with van der Waals surface area (Å²) in [5, 5.41) is 6.08. The third-order valence-corrected chi connectivity index (χ3v) is 4.70. The number of benzene rings is 2. The van der Waals surface area contributed by atoms with Crippen LogP contribution in [0.15, 0.2) is 52.5 Å². The van der Waals surface area contributed by atoms with Gasteiger partial charge in [0.15, 0.2) is 0 Å². The van der Waals surface area contributed by atoms with Crippen molar-refractivity contribution in [1.29, 1.82) is 0 Å². The van der Waals surface area contributed by atoms with Crippen LogP contribution in [-0.2, 0) is 6.18 Å². The number of amides is 2. The Balaban J connectivity index is 1.75. The summed E-state index contributed by atoms with van der Waals surface area (Å²) in [6.07, 6.45) is -4.09. The molecule has 3 rings (SSSR count). The highest BCUT2D eigenvalue weighted by molar-refractivity contribution is 7.99. The Hall–Kier alpha value is -2.55. The monoisotopic (exact) mass is 383 g/mol. The molecule has 1 heterocycles. The topological polar surface area (TPSA) is 53.5 Å². The normalized spacial score (nSPS) is 15.5. The number of alkyl halides is 3.